The molecule has 0 atom stereocenters. The average Bonchev–Trinajstić information content (AvgIpc) is 2.94. The molecule has 3 nitrogen and oxygen atoms in total. The molecule has 0 spiro atoms. The number of carbonyl (C=O) groups excluding carboxylic acids is 2. The van der Waals surface area contributed by atoms with Gasteiger partial charge in [0.1, 0.15) is 23.5 Å². The van der Waals surface area contributed by atoms with Gasteiger partial charge in [-0.25, -0.2) is 13.6 Å². The van der Waals surface area contributed by atoms with Crippen LogP contribution in [-0.2, 0) is 9.53 Å². The largest absolute Gasteiger partial charge is 0.455 e. The second-order valence-electron chi connectivity index (χ2n) is 5.89. The molecule has 0 unspecified atom stereocenters. The molecule has 2 aliphatic rings. The highest BCUT2D eigenvalue weighted by Gasteiger charge is 2.56. The first kappa shape index (κ1) is 13.2. The van der Waals surface area contributed by atoms with Crippen molar-refractivity contribution >= 4 is 12.3 Å². The summed E-state index contributed by atoms with van der Waals surface area (Å²) in [4.78, 5) is 23.2. The zero-order valence-electron chi connectivity index (χ0n) is 10.8. The summed E-state index contributed by atoms with van der Waals surface area (Å²) in [5.74, 6) is -2.35. The van der Waals surface area contributed by atoms with Crippen LogP contribution in [0.1, 0.15) is 42.5 Å². The van der Waals surface area contributed by atoms with E-state index in [0.717, 1.165) is 18.4 Å². The molecule has 5 heteroatoms. The molecule has 2 fully saturated rings. The Morgan fingerprint density at radius 3 is 2.20 bits per heavy atom. The molecule has 3 rings (SSSR count). The number of hydrogen-bond acceptors (Lipinski definition) is 3. The SMILES string of the molecule is O=CC12CCC(OC(=O)c3cc(F)cc(F)c3)(CC1)C2. The van der Waals surface area contributed by atoms with Crippen LogP contribution >= 0.6 is 0 Å². The lowest BCUT2D eigenvalue weighted by Gasteiger charge is -2.26. The molecule has 0 aromatic heterocycles. The minimum atomic E-state index is -0.811. The van der Waals surface area contributed by atoms with Gasteiger partial charge in [0.05, 0.1) is 5.56 Å². The highest BCUT2D eigenvalue weighted by atomic mass is 19.1. The van der Waals surface area contributed by atoms with Gasteiger partial charge in [-0.3, -0.25) is 0 Å². The molecule has 0 amide bonds. The number of esters is 1. The molecule has 20 heavy (non-hydrogen) atoms. The van der Waals surface area contributed by atoms with Crippen LogP contribution in [0.25, 0.3) is 0 Å². The lowest BCUT2D eigenvalue weighted by molar-refractivity contribution is -0.115. The molecule has 2 aliphatic carbocycles. The summed E-state index contributed by atoms with van der Waals surface area (Å²) >= 11 is 0. The van der Waals surface area contributed by atoms with E-state index in [1.54, 1.807) is 0 Å². The van der Waals surface area contributed by atoms with E-state index < -0.39 is 23.2 Å². The smallest absolute Gasteiger partial charge is 0.338 e. The zero-order chi connectivity index (χ0) is 14.4. The maximum atomic E-state index is 13.1. The number of benzene rings is 1. The van der Waals surface area contributed by atoms with E-state index in [0.29, 0.717) is 38.2 Å². The van der Waals surface area contributed by atoms with E-state index in [1.165, 1.54) is 0 Å². The monoisotopic (exact) mass is 280 g/mol. The van der Waals surface area contributed by atoms with Crippen LogP contribution in [0.2, 0.25) is 0 Å². The van der Waals surface area contributed by atoms with E-state index in [4.69, 9.17) is 4.74 Å². The van der Waals surface area contributed by atoms with Crippen molar-refractivity contribution in [2.75, 3.05) is 0 Å². The number of rotatable bonds is 3. The normalized spacial score (nSPS) is 31.3. The molecule has 0 radical (unpaired) electrons. The fourth-order valence-corrected chi connectivity index (χ4v) is 3.42. The van der Waals surface area contributed by atoms with Gasteiger partial charge in [-0.2, -0.15) is 0 Å². The summed E-state index contributed by atoms with van der Waals surface area (Å²) in [5.41, 5.74) is -1.14. The molecular weight excluding hydrogens is 266 g/mol. The second kappa shape index (κ2) is 4.36. The molecule has 2 bridgehead atoms. The average molecular weight is 280 g/mol. The fraction of sp³-hybridized carbons (Fsp3) is 0.467. The third-order valence-corrected chi connectivity index (χ3v) is 4.49. The van der Waals surface area contributed by atoms with Crippen LogP contribution in [0, 0.1) is 17.0 Å². The summed E-state index contributed by atoms with van der Waals surface area (Å²) in [5, 5.41) is 0. The van der Waals surface area contributed by atoms with Gasteiger partial charge >= 0.3 is 5.97 Å². The number of ether oxygens (including phenoxy) is 1. The Morgan fingerprint density at radius 2 is 1.70 bits per heavy atom. The number of hydrogen-bond donors (Lipinski definition) is 0. The van der Waals surface area contributed by atoms with Crippen molar-refractivity contribution in [3.8, 4) is 0 Å². The quantitative estimate of drug-likeness (QED) is 0.631. The molecular formula is C15H14F2O3. The van der Waals surface area contributed by atoms with E-state index >= 15 is 0 Å². The van der Waals surface area contributed by atoms with E-state index in [2.05, 4.69) is 0 Å². The van der Waals surface area contributed by atoms with Gasteiger partial charge in [-0.15, -0.1) is 0 Å². The van der Waals surface area contributed by atoms with Gasteiger partial charge in [0.15, 0.2) is 0 Å². The molecule has 2 saturated carbocycles. The molecule has 1 aromatic carbocycles. The van der Waals surface area contributed by atoms with Crippen molar-refractivity contribution in [2.45, 2.75) is 37.7 Å². The van der Waals surface area contributed by atoms with Gasteiger partial charge in [0.2, 0.25) is 0 Å². The molecule has 0 heterocycles. The van der Waals surface area contributed by atoms with Crippen molar-refractivity contribution in [1.82, 2.24) is 0 Å². The first-order chi connectivity index (χ1) is 9.46. The van der Waals surface area contributed by atoms with Crippen LogP contribution < -0.4 is 0 Å². The summed E-state index contributed by atoms with van der Waals surface area (Å²) < 4.78 is 31.7. The predicted molar refractivity (Wildman–Crippen MR) is 66.1 cm³/mol. The van der Waals surface area contributed by atoms with Crippen molar-refractivity contribution in [3.05, 3.63) is 35.4 Å². The Kier molecular flexibility index (Phi) is 2.88. The van der Waals surface area contributed by atoms with Gasteiger partial charge < -0.3 is 9.53 Å². The van der Waals surface area contributed by atoms with Crippen LogP contribution in [0.15, 0.2) is 18.2 Å². The number of aldehydes is 1. The molecule has 0 N–H and O–H groups in total. The van der Waals surface area contributed by atoms with Crippen molar-refractivity contribution in [2.24, 2.45) is 5.41 Å². The topological polar surface area (TPSA) is 43.4 Å². The zero-order valence-corrected chi connectivity index (χ0v) is 10.8. The van der Waals surface area contributed by atoms with Crippen LogP contribution in [0.3, 0.4) is 0 Å². The fourth-order valence-electron chi connectivity index (χ4n) is 3.42. The lowest BCUT2D eigenvalue weighted by atomic mass is 9.86. The summed E-state index contributed by atoms with van der Waals surface area (Å²) in [7, 11) is 0. The number of carbonyl (C=O) groups is 2. The van der Waals surface area contributed by atoms with Crippen molar-refractivity contribution in [3.63, 3.8) is 0 Å². The van der Waals surface area contributed by atoms with Crippen molar-refractivity contribution in [1.29, 1.82) is 0 Å². The molecule has 0 aliphatic heterocycles. The minimum absolute atomic E-state index is 0.132. The minimum Gasteiger partial charge on any atom is -0.455 e. The van der Waals surface area contributed by atoms with Crippen LogP contribution in [-0.4, -0.2) is 17.9 Å². The third-order valence-electron chi connectivity index (χ3n) is 4.49. The first-order valence-corrected chi connectivity index (χ1v) is 6.62. The van der Waals surface area contributed by atoms with Gasteiger partial charge in [0.25, 0.3) is 0 Å². The highest BCUT2D eigenvalue weighted by molar-refractivity contribution is 5.89. The number of halogens is 2. The predicted octanol–water partition coefficient (Wildman–Crippen LogP) is 3.02. The van der Waals surface area contributed by atoms with Crippen LogP contribution in [0.5, 0.6) is 0 Å². The van der Waals surface area contributed by atoms with Gasteiger partial charge in [0, 0.05) is 11.5 Å². The lowest BCUT2D eigenvalue weighted by Crippen LogP contribution is -2.30. The summed E-state index contributed by atoms with van der Waals surface area (Å²) in [6, 6.07) is 2.62. The molecule has 1 aromatic rings. The standard InChI is InChI=1S/C15H14F2O3/c16-11-5-10(6-12(17)7-11)13(19)20-15-3-1-14(8-15,9-18)2-4-15/h5-7,9H,1-4,8H2. The van der Waals surface area contributed by atoms with Gasteiger partial charge in [-0.1, -0.05) is 0 Å². The Morgan fingerprint density at radius 1 is 1.10 bits per heavy atom. The van der Waals surface area contributed by atoms with E-state index in [1.807, 2.05) is 0 Å². The summed E-state index contributed by atoms with van der Waals surface area (Å²) in [6.45, 7) is 0. The Bertz CT molecular complexity index is 554. The third kappa shape index (κ3) is 2.11. The first-order valence-electron chi connectivity index (χ1n) is 6.62. The van der Waals surface area contributed by atoms with Gasteiger partial charge in [-0.05, 0) is 44.2 Å². The Labute approximate surface area is 114 Å². The maximum absolute atomic E-state index is 13.1. The van der Waals surface area contributed by atoms with Crippen LogP contribution in [0.4, 0.5) is 8.78 Å². The Balaban J connectivity index is 1.79. The van der Waals surface area contributed by atoms with E-state index in [9.17, 15) is 18.4 Å². The second-order valence-corrected chi connectivity index (χ2v) is 5.89. The summed E-state index contributed by atoms with van der Waals surface area (Å²) in [6.07, 6.45) is 4.16. The molecule has 106 valence electrons. The van der Waals surface area contributed by atoms with Crippen molar-refractivity contribution < 1.29 is 23.1 Å². The Hall–Kier alpha value is -1.78. The molecule has 0 saturated heterocycles. The highest BCUT2D eigenvalue weighted by Crippen LogP contribution is 2.57. The maximum Gasteiger partial charge on any atom is 0.338 e. The van der Waals surface area contributed by atoms with E-state index in [-0.39, 0.29) is 11.0 Å². The number of fused-ring (bicyclic) bond motifs is 2.